The van der Waals surface area contributed by atoms with Crippen molar-refractivity contribution in [2.45, 2.75) is 247 Å². The van der Waals surface area contributed by atoms with Crippen LogP contribution in [0.3, 0.4) is 0 Å². The Morgan fingerprint density at radius 3 is 1.49 bits per heavy atom. The second-order valence-electron chi connectivity index (χ2n) is 17.7. The van der Waals surface area contributed by atoms with Gasteiger partial charge in [-0.05, 0) is 126 Å². The van der Waals surface area contributed by atoms with Crippen molar-refractivity contribution in [1.29, 1.82) is 0 Å². The minimum atomic E-state index is -3.13. The van der Waals surface area contributed by atoms with Crippen molar-refractivity contribution >= 4 is 16.1 Å². The van der Waals surface area contributed by atoms with Crippen LogP contribution in [-0.4, -0.2) is 95.9 Å². The quantitative estimate of drug-likeness (QED) is 0.172. The molecule has 11 heteroatoms. The molecule has 14 atom stereocenters. The van der Waals surface area contributed by atoms with Gasteiger partial charge in [-0.25, -0.2) is 0 Å². The lowest BCUT2D eigenvalue weighted by molar-refractivity contribution is -0.143. The molecule has 0 N–H and O–H groups in total. The first-order valence-electron chi connectivity index (χ1n) is 27.1. The van der Waals surface area contributed by atoms with E-state index in [0.29, 0.717) is 30.1 Å². The summed E-state index contributed by atoms with van der Waals surface area (Å²) in [6.07, 6.45) is 25.9. The monoisotopic (exact) mass is 917 g/mol. The maximum atomic E-state index is 11.3. The van der Waals surface area contributed by atoms with Crippen molar-refractivity contribution in [3.8, 4) is 0 Å². The third-order valence-corrected chi connectivity index (χ3v) is 15.9. The van der Waals surface area contributed by atoms with Gasteiger partial charge in [0, 0.05) is 45.4 Å². The number of rotatable bonds is 0. The van der Waals surface area contributed by atoms with E-state index in [1.165, 1.54) is 89.9 Å². The summed E-state index contributed by atoms with van der Waals surface area (Å²) in [5.41, 5.74) is 0. The number of carbonyl (C=O) groups excluding carboxylic acids is 1. The van der Waals surface area contributed by atoms with E-state index in [2.05, 4.69) is 0 Å². The molecule has 374 valence electrons. The lowest BCUT2D eigenvalue weighted by atomic mass is 9.90. The van der Waals surface area contributed by atoms with Crippen LogP contribution in [0.25, 0.3) is 0 Å². The fourth-order valence-corrected chi connectivity index (χ4v) is 13.5. The Bertz CT molecular complexity index is 1200. The zero-order chi connectivity index (χ0) is 46.8. The Morgan fingerprint density at radius 1 is 0.476 bits per heavy atom. The Hall–Kier alpha value is -0.820. The molecule has 0 aromatic carbocycles. The van der Waals surface area contributed by atoms with Crippen LogP contribution >= 0.6 is 0 Å². The summed E-state index contributed by atoms with van der Waals surface area (Å²) in [6.45, 7) is 30.1. The van der Waals surface area contributed by atoms with Gasteiger partial charge in [0.15, 0.2) is 0 Å². The van der Waals surface area contributed by atoms with Crippen LogP contribution in [0.15, 0.2) is 0 Å². The van der Waals surface area contributed by atoms with Gasteiger partial charge in [0.1, 0.15) is 12.2 Å². The molecule has 8 bridgehead atoms. The van der Waals surface area contributed by atoms with Crippen molar-refractivity contribution < 1.29 is 45.8 Å². The summed E-state index contributed by atoms with van der Waals surface area (Å²) < 4.78 is 59.4. The van der Waals surface area contributed by atoms with Crippen LogP contribution in [0.1, 0.15) is 205 Å². The summed E-state index contributed by atoms with van der Waals surface area (Å²) in [5, 5.41) is -0.133. The molecule has 0 aromatic heterocycles. The van der Waals surface area contributed by atoms with E-state index in [-0.39, 0.29) is 35.4 Å². The van der Waals surface area contributed by atoms with Crippen LogP contribution < -0.4 is 0 Å². The van der Waals surface area contributed by atoms with Gasteiger partial charge in [-0.15, -0.1) is 0 Å². The molecule has 8 saturated heterocycles. The zero-order valence-electron chi connectivity index (χ0n) is 42.8. The molecule has 0 aromatic rings. The average molecular weight is 917 g/mol. The molecule has 5 saturated carbocycles. The van der Waals surface area contributed by atoms with E-state index in [0.717, 1.165) is 95.4 Å². The molecule has 8 heterocycles. The summed E-state index contributed by atoms with van der Waals surface area (Å²) in [5.74, 6) is 5.03. The van der Waals surface area contributed by atoms with Crippen LogP contribution in [-0.2, 0) is 47.5 Å². The first-order chi connectivity index (χ1) is 30.9. The maximum absolute atomic E-state index is 11.3. The van der Waals surface area contributed by atoms with Crippen LogP contribution in [0.4, 0.5) is 0 Å². The minimum Gasteiger partial charge on any atom is -0.459 e. The molecule has 0 amide bonds. The van der Waals surface area contributed by atoms with E-state index in [1.807, 2.05) is 83.1 Å². The highest BCUT2D eigenvalue weighted by Crippen LogP contribution is 2.55. The van der Waals surface area contributed by atoms with Gasteiger partial charge < -0.3 is 28.4 Å². The maximum Gasteiger partial charge on any atom is 0.312 e. The molecule has 13 rings (SSSR count). The van der Waals surface area contributed by atoms with Crippen molar-refractivity contribution in [1.82, 2.24) is 0 Å². The molecule has 13 fully saturated rings. The Morgan fingerprint density at radius 2 is 1.05 bits per heavy atom. The lowest BCUT2D eigenvalue weighted by Crippen LogP contribution is -2.22. The number of carbonyl (C=O) groups is 1. The fraction of sp³-hybridized carbons (Fsp3) is 0.981. The van der Waals surface area contributed by atoms with Crippen LogP contribution in [0, 0.1) is 41.4 Å². The van der Waals surface area contributed by atoms with Crippen LogP contribution in [0.2, 0.25) is 0 Å². The molecule has 10 nitrogen and oxygen atoms in total. The number of fused-ring (bicyclic) bond motifs is 5. The largest absolute Gasteiger partial charge is 0.459 e. The zero-order valence-corrected chi connectivity index (χ0v) is 43.6. The molecule has 13 aliphatic rings. The van der Waals surface area contributed by atoms with Crippen molar-refractivity contribution in [3.63, 3.8) is 0 Å². The third-order valence-electron chi connectivity index (χ3n) is 14.1. The number of hydrogen-bond donors (Lipinski definition) is 0. The number of hydrogen-bond acceptors (Lipinski definition) is 10. The number of esters is 1. The van der Waals surface area contributed by atoms with Crippen molar-refractivity contribution in [2.75, 3.05) is 39.6 Å². The van der Waals surface area contributed by atoms with E-state index >= 15 is 0 Å². The topological polar surface area (TPSA) is 116 Å². The van der Waals surface area contributed by atoms with Gasteiger partial charge in [0.25, 0.3) is 10.1 Å². The smallest absolute Gasteiger partial charge is 0.312 e. The van der Waals surface area contributed by atoms with Gasteiger partial charge >= 0.3 is 5.97 Å². The standard InChI is InChI=1S/C8H12O.C7H10O3S.C7H8O3.C7H12O.C6H12O.C5H10O.6C2H6/c1-5-2-7-6(1)4-9-8(7)3-5;8-11(9)7-3-4-1-5(7)6(2-4)10-11;8-7-4-1-3-2-5(10-7)6(4)9-3;1-2-6-4-7(3-1)8-5-6;1-2-4-6-7-5-3-1;1-2-4-6-5-3-1;6*1-2/h5-8H,1-4H2;4-7H,1-3H2;3-6H,1-2H2;6-7H,1-5H2;1-6H2;1-5H2;6*1-2H3. The molecular formula is C52H100O10S. The second-order valence-corrected chi connectivity index (χ2v) is 19.5. The summed E-state index contributed by atoms with van der Waals surface area (Å²) in [7, 11) is -3.13. The highest BCUT2D eigenvalue weighted by atomic mass is 32.2. The average Bonchev–Trinajstić information content (AvgIpc) is 4.26. The Labute approximate surface area is 388 Å². The summed E-state index contributed by atoms with van der Waals surface area (Å²) in [4.78, 5) is 11.0. The fourth-order valence-electron chi connectivity index (χ4n) is 11.6. The van der Waals surface area contributed by atoms with E-state index in [9.17, 15) is 13.2 Å². The van der Waals surface area contributed by atoms with Crippen molar-refractivity contribution in [2.24, 2.45) is 41.4 Å². The highest BCUT2D eigenvalue weighted by Gasteiger charge is 2.59. The molecule has 0 radical (unpaired) electrons. The minimum absolute atomic E-state index is 0.0324. The van der Waals surface area contributed by atoms with E-state index in [1.54, 1.807) is 0 Å². The Balaban J connectivity index is 0.000000250. The number of ether oxygens (including phenoxy) is 6. The molecular weight excluding hydrogens is 817 g/mol. The molecule has 8 aliphatic heterocycles. The predicted molar refractivity (Wildman–Crippen MR) is 257 cm³/mol. The SMILES string of the molecule is C1CC2COC(C1)C2.C1CCCOCC1.C1CCOCC1.C1OC2CC3CC1C2C3.CC.CC.CC.CC.CC.CC.O=C1OC2CC3CC1C2O3.O=S1(=O)OC2CC3CC2C1C3. The summed E-state index contributed by atoms with van der Waals surface area (Å²) in [6, 6.07) is 0. The predicted octanol–water partition coefficient (Wildman–Crippen LogP) is 12.5. The van der Waals surface area contributed by atoms with Gasteiger partial charge in [-0.3, -0.25) is 8.98 Å². The molecule has 5 aliphatic carbocycles. The third kappa shape index (κ3) is 17.3. The van der Waals surface area contributed by atoms with Crippen molar-refractivity contribution in [3.05, 3.63) is 0 Å². The molecule has 14 unspecified atom stereocenters. The highest BCUT2D eigenvalue weighted by molar-refractivity contribution is 7.87. The van der Waals surface area contributed by atoms with Gasteiger partial charge in [0.05, 0.1) is 42.2 Å². The first kappa shape index (κ1) is 58.3. The van der Waals surface area contributed by atoms with E-state index in [4.69, 9.17) is 32.6 Å². The van der Waals surface area contributed by atoms with E-state index < -0.39 is 10.1 Å². The Kier molecular flexibility index (Phi) is 30.4. The second kappa shape index (κ2) is 32.8. The normalized spacial score (nSPS) is 38.8. The van der Waals surface area contributed by atoms with Gasteiger partial charge in [-0.2, -0.15) is 8.42 Å². The van der Waals surface area contributed by atoms with Gasteiger partial charge in [0.2, 0.25) is 0 Å². The molecule has 0 spiro atoms. The first-order valence-corrected chi connectivity index (χ1v) is 28.5. The molecule has 63 heavy (non-hydrogen) atoms. The lowest BCUT2D eigenvalue weighted by Gasteiger charge is -2.14. The van der Waals surface area contributed by atoms with Gasteiger partial charge in [-0.1, -0.05) is 102 Å². The van der Waals surface area contributed by atoms with Crippen LogP contribution in [0.5, 0.6) is 0 Å². The summed E-state index contributed by atoms with van der Waals surface area (Å²) >= 11 is 0.